The molecule has 1 aromatic carbocycles. The number of likely N-dealkylation sites (tertiary alicyclic amines) is 1. The number of ether oxygens (including phenoxy) is 2. The first kappa shape index (κ1) is 21.6. The minimum absolute atomic E-state index is 0.205. The first-order valence-corrected chi connectivity index (χ1v) is 10.7. The molecule has 0 saturated carbocycles. The number of hydrogen-bond acceptors (Lipinski definition) is 8. The van der Waals surface area contributed by atoms with Gasteiger partial charge in [0.05, 0.1) is 16.5 Å². The number of thioether (sulfide) groups is 1. The maximum absolute atomic E-state index is 11.7. The van der Waals surface area contributed by atoms with Crippen LogP contribution in [0.5, 0.6) is 17.5 Å². The third kappa shape index (κ3) is 4.83. The molecule has 32 heavy (non-hydrogen) atoms. The van der Waals surface area contributed by atoms with E-state index in [1.54, 1.807) is 37.3 Å². The molecule has 1 aromatic heterocycles. The molecular formula is C21H20N4O6S. The Morgan fingerprint density at radius 1 is 1.28 bits per heavy atom. The van der Waals surface area contributed by atoms with Gasteiger partial charge in [-0.15, -0.1) is 0 Å². The van der Waals surface area contributed by atoms with Gasteiger partial charge < -0.3 is 19.5 Å². The number of carbonyl (C=O) groups excluding carboxylic acids is 2. The average molecular weight is 456 g/mol. The van der Waals surface area contributed by atoms with Crippen molar-refractivity contribution in [3.05, 3.63) is 46.6 Å². The zero-order valence-corrected chi connectivity index (χ0v) is 17.9. The molecule has 2 aliphatic heterocycles. The molecule has 10 nitrogen and oxygen atoms in total. The molecule has 0 spiro atoms. The van der Waals surface area contributed by atoms with Crippen LogP contribution in [0.1, 0.15) is 24.0 Å². The lowest BCUT2D eigenvalue weighted by molar-refractivity contribution is -0.115. The monoisotopic (exact) mass is 456 g/mol. The van der Waals surface area contributed by atoms with Crippen LogP contribution in [0, 0.1) is 6.92 Å². The van der Waals surface area contributed by atoms with Crippen molar-refractivity contribution in [3.63, 3.8) is 0 Å². The molecular weight excluding hydrogens is 436 g/mol. The van der Waals surface area contributed by atoms with Crippen molar-refractivity contribution < 1.29 is 29.0 Å². The minimum atomic E-state index is -0.947. The number of rotatable bonds is 6. The van der Waals surface area contributed by atoms with Gasteiger partial charge in [0, 0.05) is 6.54 Å². The Kier molecular flexibility index (Phi) is 6.26. The quantitative estimate of drug-likeness (QED) is 0.628. The van der Waals surface area contributed by atoms with Crippen molar-refractivity contribution in [2.24, 2.45) is 0 Å². The molecule has 0 radical (unpaired) electrons. The molecule has 2 saturated heterocycles. The number of nitrogens with one attached hydrogen (secondary N) is 1. The van der Waals surface area contributed by atoms with E-state index < -0.39 is 12.0 Å². The second-order valence-corrected chi connectivity index (χ2v) is 8.23. The summed E-state index contributed by atoms with van der Waals surface area (Å²) < 4.78 is 11.6. The Balaban J connectivity index is 1.41. The summed E-state index contributed by atoms with van der Waals surface area (Å²) in [5.74, 6) is 0.766. The molecule has 2 aliphatic rings. The van der Waals surface area contributed by atoms with Crippen molar-refractivity contribution in [3.8, 4) is 17.5 Å². The molecule has 0 bridgehead atoms. The van der Waals surface area contributed by atoms with E-state index in [4.69, 9.17) is 9.47 Å². The zero-order chi connectivity index (χ0) is 22.7. The third-order valence-corrected chi connectivity index (χ3v) is 5.87. The van der Waals surface area contributed by atoms with E-state index in [0.717, 1.165) is 30.2 Å². The highest BCUT2D eigenvalue weighted by atomic mass is 32.2. The smallest absolute Gasteiger partial charge is 0.407 e. The number of benzene rings is 1. The molecule has 2 N–H and O–H groups in total. The second-order valence-electron chi connectivity index (χ2n) is 7.22. The van der Waals surface area contributed by atoms with Crippen molar-refractivity contribution >= 4 is 35.1 Å². The van der Waals surface area contributed by atoms with Gasteiger partial charge in [-0.05, 0) is 55.3 Å². The predicted octanol–water partition coefficient (Wildman–Crippen LogP) is 3.42. The van der Waals surface area contributed by atoms with Crippen LogP contribution in [-0.4, -0.2) is 56.4 Å². The fraction of sp³-hybridized carbons (Fsp3) is 0.286. The fourth-order valence-corrected chi connectivity index (χ4v) is 4.10. The Morgan fingerprint density at radius 2 is 2.03 bits per heavy atom. The summed E-state index contributed by atoms with van der Waals surface area (Å²) in [7, 11) is 0. The number of hydrogen-bond donors (Lipinski definition) is 2. The number of imide groups is 1. The first-order chi connectivity index (χ1) is 15.4. The van der Waals surface area contributed by atoms with Crippen LogP contribution in [0.15, 0.2) is 35.5 Å². The van der Waals surface area contributed by atoms with Crippen molar-refractivity contribution in [2.45, 2.75) is 25.8 Å². The highest BCUT2D eigenvalue weighted by molar-refractivity contribution is 8.18. The Bertz CT molecular complexity index is 1090. The maximum Gasteiger partial charge on any atom is 0.407 e. The van der Waals surface area contributed by atoms with Crippen LogP contribution in [0.25, 0.3) is 6.08 Å². The lowest BCUT2D eigenvalue weighted by atomic mass is 10.2. The van der Waals surface area contributed by atoms with Crippen LogP contribution >= 0.6 is 11.8 Å². The first-order valence-electron chi connectivity index (χ1n) is 9.87. The molecule has 2 fully saturated rings. The van der Waals surface area contributed by atoms with E-state index in [1.165, 1.54) is 11.2 Å². The summed E-state index contributed by atoms with van der Waals surface area (Å²) in [6.07, 6.45) is 3.56. The summed E-state index contributed by atoms with van der Waals surface area (Å²) >= 11 is 0.858. The molecule has 2 aromatic rings. The molecule has 1 atom stereocenters. The highest BCUT2D eigenvalue weighted by Gasteiger charge is 2.29. The van der Waals surface area contributed by atoms with Gasteiger partial charge in [-0.2, -0.15) is 0 Å². The topological polar surface area (TPSA) is 131 Å². The highest BCUT2D eigenvalue weighted by Crippen LogP contribution is 2.30. The van der Waals surface area contributed by atoms with Gasteiger partial charge in [-0.3, -0.25) is 14.9 Å². The van der Waals surface area contributed by atoms with E-state index in [0.29, 0.717) is 34.5 Å². The zero-order valence-electron chi connectivity index (χ0n) is 17.1. The van der Waals surface area contributed by atoms with Crippen LogP contribution in [0.2, 0.25) is 0 Å². The molecule has 4 rings (SSSR count). The van der Waals surface area contributed by atoms with Crippen molar-refractivity contribution in [1.29, 1.82) is 0 Å². The van der Waals surface area contributed by atoms with Crippen LogP contribution in [0.4, 0.5) is 9.59 Å². The largest absolute Gasteiger partial charge is 0.475 e. The van der Waals surface area contributed by atoms with E-state index in [2.05, 4.69) is 15.3 Å². The van der Waals surface area contributed by atoms with Gasteiger partial charge >= 0.3 is 6.09 Å². The van der Waals surface area contributed by atoms with Crippen molar-refractivity contribution in [2.75, 3.05) is 13.2 Å². The van der Waals surface area contributed by atoms with Crippen LogP contribution in [-0.2, 0) is 4.79 Å². The molecule has 3 amide bonds. The fourth-order valence-electron chi connectivity index (χ4n) is 3.42. The summed E-state index contributed by atoms with van der Waals surface area (Å²) in [5, 5.41) is 11.1. The number of aromatic nitrogens is 2. The summed E-state index contributed by atoms with van der Waals surface area (Å²) in [4.78, 5) is 44.2. The molecule has 11 heteroatoms. The van der Waals surface area contributed by atoms with Gasteiger partial charge in [0.15, 0.2) is 0 Å². The van der Waals surface area contributed by atoms with Gasteiger partial charge in [0.25, 0.3) is 11.1 Å². The Hall–Kier alpha value is -3.60. The number of amides is 3. The van der Waals surface area contributed by atoms with Crippen molar-refractivity contribution in [1.82, 2.24) is 20.2 Å². The summed E-state index contributed by atoms with van der Waals surface area (Å²) in [6.45, 7) is 2.48. The lowest BCUT2D eigenvalue weighted by Crippen LogP contribution is -2.38. The van der Waals surface area contributed by atoms with E-state index in [-0.39, 0.29) is 17.9 Å². The number of nitrogens with zero attached hydrogens (tertiary/aromatic N) is 3. The normalized spacial score (nSPS) is 19.3. The molecule has 166 valence electrons. The number of carbonyl (C=O) groups is 3. The van der Waals surface area contributed by atoms with Gasteiger partial charge in [-0.25, -0.2) is 14.8 Å². The standard InChI is InChI=1S/C21H20N4O6S/c1-12-18(30-10-14-3-2-8-25(14)21(28)29)22-11-23-19(12)31-15-6-4-13(5-7-15)9-16-17(26)24-20(27)32-16/h4-7,9,11,14H,2-3,8,10H2,1H3,(H,28,29)(H,24,26,27). The predicted molar refractivity (Wildman–Crippen MR) is 116 cm³/mol. The minimum Gasteiger partial charge on any atom is -0.475 e. The van der Waals surface area contributed by atoms with E-state index in [1.807, 2.05) is 0 Å². The van der Waals surface area contributed by atoms with Crippen LogP contribution < -0.4 is 14.8 Å². The molecule has 3 heterocycles. The van der Waals surface area contributed by atoms with E-state index >= 15 is 0 Å². The Labute approximate surface area is 187 Å². The van der Waals surface area contributed by atoms with Gasteiger partial charge in [0.1, 0.15) is 18.7 Å². The Morgan fingerprint density at radius 3 is 2.72 bits per heavy atom. The number of carboxylic acid groups (broad SMARTS) is 1. The van der Waals surface area contributed by atoms with Gasteiger partial charge in [0.2, 0.25) is 11.8 Å². The second kappa shape index (κ2) is 9.27. The summed E-state index contributed by atoms with van der Waals surface area (Å²) in [6, 6.07) is 6.75. The maximum atomic E-state index is 11.7. The van der Waals surface area contributed by atoms with E-state index in [9.17, 15) is 19.5 Å². The summed E-state index contributed by atoms with van der Waals surface area (Å²) in [5.41, 5.74) is 1.34. The molecule has 1 unspecified atom stereocenters. The SMILES string of the molecule is Cc1c(OCC2CCCN2C(=O)O)ncnc1Oc1ccc(C=C2SC(=O)NC2=O)cc1. The van der Waals surface area contributed by atoms with Crippen LogP contribution in [0.3, 0.4) is 0 Å². The average Bonchev–Trinajstić information content (AvgIpc) is 3.36. The lowest BCUT2D eigenvalue weighted by Gasteiger charge is -2.21. The van der Waals surface area contributed by atoms with Gasteiger partial charge in [-0.1, -0.05) is 12.1 Å². The third-order valence-electron chi connectivity index (χ3n) is 5.06. The molecule has 0 aliphatic carbocycles.